The number of aryl methyl sites for hydroxylation is 2. The predicted molar refractivity (Wildman–Crippen MR) is 346 cm³/mol. The van der Waals surface area contributed by atoms with Crippen molar-refractivity contribution in [3.8, 4) is 55.6 Å². The predicted octanol–water partition coefficient (Wildman–Crippen LogP) is 22.1. The van der Waals surface area contributed by atoms with Crippen LogP contribution in [-0.2, 0) is 0 Å². The molecule has 0 bridgehead atoms. The van der Waals surface area contributed by atoms with Crippen LogP contribution >= 0.6 is 0 Å². The summed E-state index contributed by atoms with van der Waals surface area (Å²) in [6, 6.07) is 107. The molecule has 15 rings (SSSR count). The van der Waals surface area contributed by atoms with Crippen molar-refractivity contribution in [2.75, 3.05) is 0 Å². The van der Waals surface area contributed by atoms with Gasteiger partial charge in [-0.15, -0.1) is 0 Å². The Hall–Kier alpha value is -10.2. The van der Waals surface area contributed by atoms with Crippen LogP contribution in [0.3, 0.4) is 0 Å². The first-order valence-electron chi connectivity index (χ1n) is 27.7. The summed E-state index contributed by atoms with van der Waals surface area (Å²) in [5.41, 5.74) is 16.8. The van der Waals surface area contributed by atoms with E-state index in [0.717, 1.165) is 16.8 Å². The number of aliphatic imine (C=N–C) groups is 1. The number of nitrogens with zero attached hydrogens (tertiary/aromatic N) is 1. The molecule has 0 unspecified atom stereocenters. The first-order chi connectivity index (χ1) is 39.5. The van der Waals surface area contributed by atoms with Gasteiger partial charge in [0.25, 0.3) is 0 Å². The second kappa shape index (κ2) is 20.6. The van der Waals surface area contributed by atoms with Crippen molar-refractivity contribution in [1.82, 2.24) is 0 Å². The second-order valence-electron chi connectivity index (χ2n) is 21.1. The van der Waals surface area contributed by atoms with Crippen LogP contribution in [0.25, 0.3) is 131 Å². The average molecular weight is 1020 g/mol. The molecule has 376 valence electrons. The molecule has 0 saturated heterocycles. The van der Waals surface area contributed by atoms with Gasteiger partial charge in [0.2, 0.25) is 0 Å². The first kappa shape index (κ1) is 48.2. The lowest BCUT2D eigenvalue weighted by molar-refractivity contribution is 1.40. The molecule has 1 heteroatoms. The van der Waals surface area contributed by atoms with Crippen LogP contribution in [0, 0.1) is 13.8 Å². The van der Waals surface area contributed by atoms with E-state index in [2.05, 4.69) is 281 Å². The fourth-order valence-corrected chi connectivity index (χ4v) is 12.2. The zero-order valence-corrected chi connectivity index (χ0v) is 44.7. The molecule has 0 aliphatic rings. The lowest BCUT2D eigenvalue weighted by Gasteiger charge is -2.19. The van der Waals surface area contributed by atoms with Crippen LogP contribution in [0.5, 0.6) is 0 Å². The highest BCUT2D eigenvalue weighted by molar-refractivity contribution is 6.24. The molecule has 1 nitrogen and oxygen atoms in total. The summed E-state index contributed by atoms with van der Waals surface area (Å²) in [5, 5.41) is 17.3. The van der Waals surface area contributed by atoms with Gasteiger partial charge >= 0.3 is 0 Å². The molecule has 0 aromatic heterocycles. The maximum Gasteiger partial charge on any atom is 0.0659 e. The largest absolute Gasteiger partial charge is 0.256 e. The first-order valence-corrected chi connectivity index (χ1v) is 27.7. The highest BCUT2D eigenvalue weighted by atomic mass is 14.7. The third-order valence-corrected chi connectivity index (χ3v) is 16.1. The van der Waals surface area contributed by atoms with Gasteiger partial charge < -0.3 is 0 Å². The molecule has 0 aliphatic heterocycles. The maximum atomic E-state index is 4.88. The lowest BCUT2D eigenvalue weighted by Crippen LogP contribution is -1.92. The van der Waals surface area contributed by atoms with Crippen molar-refractivity contribution in [2.24, 2.45) is 4.99 Å². The van der Waals surface area contributed by atoms with Crippen LogP contribution in [0.2, 0.25) is 0 Å². The molecule has 15 aromatic rings. The molecule has 80 heavy (non-hydrogen) atoms. The van der Waals surface area contributed by atoms with E-state index in [1.54, 1.807) is 0 Å². The summed E-state index contributed by atoms with van der Waals surface area (Å²) in [6.07, 6.45) is 1.99. The molecule has 0 radical (unpaired) electrons. The summed E-state index contributed by atoms with van der Waals surface area (Å²) in [5.74, 6) is 0. The third kappa shape index (κ3) is 8.95. The van der Waals surface area contributed by atoms with E-state index in [-0.39, 0.29) is 0 Å². The van der Waals surface area contributed by atoms with Gasteiger partial charge in [-0.05, 0) is 198 Å². The summed E-state index contributed by atoms with van der Waals surface area (Å²) < 4.78 is 0. The standard InChI is InChI=1S/C72H47N.C7H8/c1-46-15-2-13-28-68(46)73-45-47-16-14-21-56(39-47)69-60-22-7-9-24-62(60)70(63-25-10-8-23-61(63)69)58-36-33-52-40-53(31-32-54(52)43-58)55-37-38-66-67(44-55)72(59-35-30-49-18-4-6-20-51(49)42-59)65-27-12-11-26-64(65)71(66)57-34-29-48-17-3-5-19-50(48)41-57;1-7-5-3-2-4-6-7/h2-45H,1H3;2-6H,1H3. The molecule has 0 amide bonds. The Bertz CT molecular complexity index is 4850. The van der Waals surface area contributed by atoms with Gasteiger partial charge in [-0.1, -0.05) is 254 Å². The van der Waals surface area contributed by atoms with Crippen molar-refractivity contribution in [3.63, 3.8) is 0 Å². The van der Waals surface area contributed by atoms with Crippen LogP contribution in [0.4, 0.5) is 5.69 Å². The Morgan fingerprint density at radius 1 is 0.237 bits per heavy atom. The van der Waals surface area contributed by atoms with E-state index in [1.807, 2.05) is 30.5 Å². The number of hydrogen-bond donors (Lipinski definition) is 0. The molecular formula is C79H55N. The zero-order valence-electron chi connectivity index (χ0n) is 44.7. The molecule has 0 spiro atoms. The Morgan fingerprint density at radius 2 is 0.600 bits per heavy atom. The number of fused-ring (bicyclic) bond motifs is 7. The number of para-hydroxylation sites is 1. The van der Waals surface area contributed by atoms with Gasteiger partial charge in [0.05, 0.1) is 5.69 Å². The zero-order chi connectivity index (χ0) is 53.5. The highest BCUT2D eigenvalue weighted by Gasteiger charge is 2.20. The third-order valence-electron chi connectivity index (χ3n) is 16.1. The van der Waals surface area contributed by atoms with E-state index < -0.39 is 0 Å². The quantitative estimate of drug-likeness (QED) is 0.111. The fourth-order valence-electron chi connectivity index (χ4n) is 12.2. The molecule has 0 atom stereocenters. The minimum Gasteiger partial charge on any atom is -0.256 e. The molecular weight excluding hydrogens is 963 g/mol. The normalized spacial score (nSPS) is 11.6. The minimum absolute atomic E-state index is 0.986. The average Bonchev–Trinajstić information content (AvgIpc) is 3.68. The van der Waals surface area contributed by atoms with Gasteiger partial charge in [-0.2, -0.15) is 0 Å². The van der Waals surface area contributed by atoms with Crippen molar-refractivity contribution < 1.29 is 0 Å². The number of hydrogen-bond acceptors (Lipinski definition) is 1. The van der Waals surface area contributed by atoms with Gasteiger partial charge in [-0.3, -0.25) is 4.99 Å². The summed E-state index contributed by atoms with van der Waals surface area (Å²) in [6.45, 7) is 4.19. The SMILES string of the molecule is Cc1ccccc1.Cc1ccccc1N=Cc1cccc(-c2c3ccccc3c(-c3ccc4cc(-c5ccc6c(-c7ccc8ccccc8c7)c7ccccc7c(-c7ccc8ccccc8c7)c6c5)ccc4c3)c3ccccc23)c1. The van der Waals surface area contributed by atoms with Crippen molar-refractivity contribution >= 4 is 87.3 Å². The smallest absolute Gasteiger partial charge is 0.0659 e. The molecule has 0 N–H and O–H groups in total. The molecule has 0 saturated carbocycles. The number of rotatable bonds is 7. The van der Waals surface area contributed by atoms with Crippen molar-refractivity contribution in [3.05, 3.63) is 308 Å². The van der Waals surface area contributed by atoms with E-state index in [1.165, 1.54) is 137 Å². The van der Waals surface area contributed by atoms with Crippen molar-refractivity contribution in [1.29, 1.82) is 0 Å². The molecule has 0 fully saturated rings. The van der Waals surface area contributed by atoms with E-state index in [9.17, 15) is 0 Å². The second-order valence-corrected chi connectivity index (χ2v) is 21.1. The van der Waals surface area contributed by atoms with Gasteiger partial charge in [-0.25, -0.2) is 0 Å². The Balaban J connectivity index is 0.000000768. The molecule has 15 aromatic carbocycles. The topological polar surface area (TPSA) is 12.4 Å². The number of benzene rings is 15. The van der Waals surface area contributed by atoms with Gasteiger partial charge in [0, 0.05) is 6.21 Å². The van der Waals surface area contributed by atoms with E-state index in [4.69, 9.17) is 4.99 Å². The summed E-state index contributed by atoms with van der Waals surface area (Å²) in [7, 11) is 0. The summed E-state index contributed by atoms with van der Waals surface area (Å²) in [4.78, 5) is 4.88. The molecule has 0 aliphatic carbocycles. The van der Waals surface area contributed by atoms with Gasteiger partial charge in [0.15, 0.2) is 0 Å². The van der Waals surface area contributed by atoms with Gasteiger partial charge in [0.1, 0.15) is 0 Å². The van der Waals surface area contributed by atoms with Crippen LogP contribution in [0.15, 0.2) is 296 Å². The monoisotopic (exact) mass is 1020 g/mol. The van der Waals surface area contributed by atoms with E-state index in [0.29, 0.717) is 0 Å². The van der Waals surface area contributed by atoms with Crippen LogP contribution < -0.4 is 0 Å². The maximum absolute atomic E-state index is 4.88. The van der Waals surface area contributed by atoms with Crippen LogP contribution in [0.1, 0.15) is 16.7 Å². The highest BCUT2D eigenvalue weighted by Crippen LogP contribution is 2.47. The van der Waals surface area contributed by atoms with Crippen molar-refractivity contribution in [2.45, 2.75) is 13.8 Å². The summed E-state index contributed by atoms with van der Waals surface area (Å²) >= 11 is 0. The Morgan fingerprint density at radius 3 is 1.10 bits per heavy atom. The fraction of sp³-hybridized carbons (Fsp3) is 0.0253. The molecule has 0 heterocycles. The Kier molecular flexibility index (Phi) is 12.4. The van der Waals surface area contributed by atoms with Crippen LogP contribution in [-0.4, -0.2) is 6.21 Å². The van der Waals surface area contributed by atoms with E-state index >= 15 is 0 Å². The minimum atomic E-state index is 0.986. The Labute approximate surface area is 467 Å². The lowest BCUT2D eigenvalue weighted by atomic mass is 9.84.